The van der Waals surface area contributed by atoms with Crippen LogP contribution in [0.2, 0.25) is 10.3 Å². The molecule has 208 valence electrons. The van der Waals surface area contributed by atoms with Crippen molar-refractivity contribution in [3.8, 4) is 22.3 Å². The van der Waals surface area contributed by atoms with Gasteiger partial charge in [-0.1, -0.05) is 47.5 Å². The molecule has 0 aliphatic carbocycles. The minimum Gasteiger partial charge on any atom is -0.338 e. The number of pyridine rings is 4. The third-order valence-corrected chi connectivity index (χ3v) is 6.33. The van der Waals surface area contributed by atoms with Crippen LogP contribution in [0, 0.1) is 11.6 Å². The standard InChI is InChI=1S/C22H16F2N4.C10H6Cl2N2/c23-17-5-1-3-7-19(17)27-21-13-15(9-11-25-21)16-10-12-26-22(14-16)28-20-8-4-2-6-18(20)24;11-9-5-7(1-3-13-9)8-2-4-14-10(12)6-8/h1-14H,(H,25,27)(H,26,28);1-6H. The fraction of sp³-hybridized carbons (Fsp3) is 0. The van der Waals surface area contributed by atoms with Gasteiger partial charge in [0.25, 0.3) is 0 Å². The van der Waals surface area contributed by atoms with Crippen LogP contribution in [0.3, 0.4) is 0 Å². The minimum absolute atomic E-state index is 0.351. The van der Waals surface area contributed by atoms with Crippen molar-refractivity contribution in [2.75, 3.05) is 10.6 Å². The van der Waals surface area contributed by atoms with E-state index in [4.69, 9.17) is 23.2 Å². The number of aromatic nitrogens is 4. The van der Waals surface area contributed by atoms with E-state index in [1.165, 1.54) is 12.1 Å². The Kier molecular flexibility index (Phi) is 9.28. The van der Waals surface area contributed by atoms with E-state index >= 15 is 0 Å². The number of nitrogens with one attached hydrogen (secondary N) is 2. The maximum absolute atomic E-state index is 13.9. The molecule has 10 heteroatoms. The van der Waals surface area contributed by atoms with Gasteiger partial charge in [0.2, 0.25) is 0 Å². The first-order valence-corrected chi connectivity index (χ1v) is 13.4. The quantitative estimate of drug-likeness (QED) is 0.186. The molecule has 0 radical (unpaired) electrons. The van der Waals surface area contributed by atoms with Crippen LogP contribution in [0.4, 0.5) is 31.8 Å². The molecule has 0 aliphatic heterocycles. The number of halogens is 4. The van der Waals surface area contributed by atoms with E-state index < -0.39 is 0 Å². The molecule has 6 nitrogen and oxygen atoms in total. The van der Waals surface area contributed by atoms with Crippen molar-refractivity contribution >= 4 is 46.2 Å². The van der Waals surface area contributed by atoms with Crippen molar-refractivity contribution in [2.45, 2.75) is 0 Å². The zero-order valence-electron chi connectivity index (χ0n) is 21.8. The molecule has 6 aromatic rings. The number of para-hydroxylation sites is 2. The molecule has 0 saturated carbocycles. The van der Waals surface area contributed by atoms with E-state index in [0.717, 1.165) is 22.3 Å². The first-order valence-electron chi connectivity index (χ1n) is 12.6. The minimum atomic E-state index is -0.352. The highest BCUT2D eigenvalue weighted by Gasteiger charge is 2.07. The number of hydrogen-bond acceptors (Lipinski definition) is 6. The highest BCUT2D eigenvalue weighted by Crippen LogP contribution is 2.27. The Morgan fingerprint density at radius 3 is 1.19 bits per heavy atom. The van der Waals surface area contributed by atoms with Crippen LogP contribution in [0.25, 0.3) is 22.3 Å². The molecule has 0 bridgehead atoms. The summed E-state index contributed by atoms with van der Waals surface area (Å²) in [5, 5.41) is 6.89. The van der Waals surface area contributed by atoms with Crippen LogP contribution in [0.1, 0.15) is 0 Å². The zero-order valence-corrected chi connectivity index (χ0v) is 23.4. The number of rotatable bonds is 6. The summed E-state index contributed by atoms with van der Waals surface area (Å²) >= 11 is 11.5. The molecule has 0 unspecified atom stereocenters. The fourth-order valence-electron chi connectivity index (χ4n) is 3.92. The van der Waals surface area contributed by atoms with Gasteiger partial charge in [0, 0.05) is 24.8 Å². The van der Waals surface area contributed by atoms with Crippen LogP contribution in [0.15, 0.2) is 122 Å². The van der Waals surface area contributed by atoms with E-state index in [-0.39, 0.29) is 11.6 Å². The summed E-state index contributed by atoms with van der Waals surface area (Å²) in [5.41, 5.74) is 4.40. The molecule has 0 spiro atoms. The van der Waals surface area contributed by atoms with Crippen molar-refractivity contribution in [3.63, 3.8) is 0 Å². The van der Waals surface area contributed by atoms with E-state index in [1.54, 1.807) is 73.3 Å². The lowest BCUT2D eigenvalue weighted by molar-refractivity contribution is 0.631. The predicted octanol–water partition coefficient (Wildman–Crippen LogP) is 9.36. The Hall–Kier alpha value is -4.92. The molecule has 0 aliphatic rings. The lowest BCUT2D eigenvalue weighted by Crippen LogP contribution is -1.97. The lowest BCUT2D eigenvalue weighted by atomic mass is 10.1. The number of nitrogens with zero attached hydrogens (tertiary/aromatic N) is 4. The normalized spacial score (nSPS) is 10.4. The second kappa shape index (κ2) is 13.6. The van der Waals surface area contributed by atoms with Gasteiger partial charge in [-0.3, -0.25) is 0 Å². The van der Waals surface area contributed by atoms with Gasteiger partial charge in [-0.25, -0.2) is 28.7 Å². The van der Waals surface area contributed by atoms with Gasteiger partial charge in [-0.2, -0.15) is 0 Å². The van der Waals surface area contributed by atoms with Crippen molar-refractivity contribution in [3.05, 3.63) is 144 Å². The summed E-state index contributed by atoms with van der Waals surface area (Å²) in [7, 11) is 0. The molecule has 4 aromatic heterocycles. The van der Waals surface area contributed by atoms with Crippen LogP contribution < -0.4 is 10.6 Å². The Morgan fingerprint density at radius 2 is 0.810 bits per heavy atom. The van der Waals surface area contributed by atoms with Crippen molar-refractivity contribution < 1.29 is 8.78 Å². The van der Waals surface area contributed by atoms with Crippen LogP contribution in [-0.2, 0) is 0 Å². The molecular weight excluding hydrogens is 577 g/mol. The topological polar surface area (TPSA) is 75.6 Å². The Balaban J connectivity index is 0.000000211. The lowest BCUT2D eigenvalue weighted by Gasteiger charge is -2.10. The predicted molar refractivity (Wildman–Crippen MR) is 164 cm³/mol. The van der Waals surface area contributed by atoms with E-state index in [0.29, 0.717) is 33.3 Å². The molecular formula is C32H22Cl2F2N6. The van der Waals surface area contributed by atoms with E-state index in [9.17, 15) is 8.78 Å². The van der Waals surface area contributed by atoms with E-state index in [2.05, 4.69) is 30.6 Å². The highest BCUT2D eigenvalue weighted by atomic mass is 35.5. The number of benzene rings is 2. The van der Waals surface area contributed by atoms with Crippen LogP contribution in [0.5, 0.6) is 0 Å². The third-order valence-electron chi connectivity index (χ3n) is 5.91. The molecule has 0 amide bonds. The molecule has 4 heterocycles. The average Bonchev–Trinajstić information content (AvgIpc) is 3.00. The molecule has 0 fully saturated rings. The second-order valence-electron chi connectivity index (χ2n) is 8.80. The van der Waals surface area contributed by atoms with E-state index in [1.807, 2.05) is 36.4 Å². The average molecular weight is 599 g/mol. The molecule has 2 aromatic carbocycles. The van der Waals surface area contributed by atoms with Gasteiger partial charge in [-0.15, -0.1) is 0 Å². The number of anilines is 4. The summed E-state index contributed by atoms with van der Waals surface area (Å²) < 4.78 is 27.7. The SMILES string of the molecule is Clc1cc(-c2ccnc(Cl)c2)ccn1.Fc1ccccc1Nc1cc(-c2ccnc(Nc3ccccc3F)c2)ccn1. The molecule has 2 N–H and O–H groups in total. The van der Waals surface area contributed by atoms with Gasteiger partial charge in [0.05, 0.1) is 11.4 Å². The highest BCUT2D eigenvalue weighted by molar-refractivity contribution is 6.30. The van der Waals surface area contributed by atoms with Crippen molar-refractivity contribution in [1.82, 2.24) is 19.9 Å². The van der Waals surface area contributed by atoms with Crippen LogP contribution in [-0.4, -0.2) is 19.9 Å². The summed E-state index contributed by atoms with van der Waals surface area (Å²) in [4.78, 5) is 16.3. The first kappa shape index (κ1) is 28.6. The van der Waals surface area contributed by atoms with Gasteiger partial charge >= 0.3 is 0 Å². The number of hydrogen-bond donors (Lipinski definition) is 2. The smallest absolute Gasteiger partial charge is 0.146 e. The molecule has 6 rings (SSSR count). The van der Waals surface area contributed by atoms with Crippen molar-refractivity contribution in [1.29, 1.82) is 0 Å². The Bertz CT molecular complexity index is 1690. The molecule has 42 heavy (non-hydrogen) atoms. The summed E-state index contributed by atoms with van der Waals surface area (Å²) in [6.45, 7) is 0. The summed E-state index contributed by atoms with van der Waals surface area (Å²) in [6.07, 6.45) is 6.60. The van der Waals surface area contributed by atoms with Gasteiger partial charge in [0.15, 0.2) is 0 Å². The largest absolute Gasteiger partial charge is 0.338 e. The zero-order chi connectivity index (χ0) is 29.3. The van der Waals surface area contributed by atoms with Crippen LogP contribution >= 0.6 is 23.2 Å². The Labute approximate surface area is 251 Å². The van der Waals surface area contributed by atoms with Gasteiger partial charge in [0.1, 0.15) is 33.6 Å². The van der Waals surface area contributed by atoms with Gasteiger partial charge < -0.3 is 10.6 Å². The second-order valence-corrected chi connectivity index (χ2v) is 9.58. The fourth-order valence-corrected chi connectivity index (χ4v) is 4.27. The maximum atomic E-state index is 13.9. The molecule has 0 saturated heterocycles. The van der Waals surface area contributed by atoms with Gasteiger partial charge in [-0.05, 0) is 95.1 Å². The monoisotopic (exact) mass is 598 g/mol. The first-order chi connectivity index (χ1) is 20.4. The third kappa shape index (κ3) is 7.63. The maximum Gasteiger partial charge on any atom is 0.146 e. The summed E-state index contributed by atoms with van der Waals surface area (Å²) in [6, 6.07) is 27.4. The van der Waals surface area contributed by atoms with Crippen molar-refractivity contribution in [2.24, 2.45) is 0 Å². The molecule has 0 atom stereocenters. The Morgan fingerprint density at radius 1 is 0.452 bits per heavy atom. The summed E-state index contributed by atoms with van der Waals surface area (Å²) in [5.74, 6) is 0.330.